The lowest BCUT2D eigenvalue weighted by Crippen LogP contribution is -2.08. The third kappa shape index (κ3) is 5.47. The second-order valence-electron chi connectivity index (χ2n) is 3.83. The molecule has 1 N–H and O–H groups in total. The van der Waals surface area contributed by atoms with Crippen molar-refractivity contribution >= 4 is 5.97 Å². The molecule has 0 aromatic heterocycles. The molecular formula is C13H18O4. The monoisotopic (exact) mass is 238 g/mol. The Bertz CT molecular complexity index is 345. The van der Waals surface area contributed by atoms with Crippen LogP contribution in [0.1, 0.15) is 30.8 Å². The van der Waals surface area contributed by atoms with Crippen molar-refractivity contribution in [3.63, 3.8) is 0 Å². The minimum atomic E-state index is -0.923. The molecule has 1 aromatic carbocycles. The first kappa shape index (κ1) is 13.7. The molecule has 0 radical (unpaired) electrons. The molecule has 0 spiro atoms. The van der Waals surface area contributed by atoms with Crippen molar-refractivity contribution < 1.29 is 19.4 Å². The molecule has 0 aliphatic carbocycles. The molecule has 94 valence electrons. The van der Waals surface area contributed by atoms with E-state index in [-0.39, 0.29) is 5.97 Å². The molecule has 0 bridgehead atoms. The lowest BCUT2D eigenvalue weighted by atomic mass is 10.1. The van der Waals surface area contributed by atoms with Crippen LogP contribution in [0.15, 0.2) is 24.3 Å². The van der Waals surface area contributed by atoms with Crippen LogP contribution >= 0.6 is 0 Å². The van der Waals surface area contributed by atoms with Gasteiger partial charge in [0.05, 0.1) is 13.2 Å². The van der Waals surface area contributed by atoms with E-state index in [2.05, 4.69) is 0 Å². The molecule has 1 unspecified atom stereocenters. The van der Waals surface area contributed by atoms with Crippen LogP contribution in [0.5, 0.6) is 0 Å². The largest absolute Gasteiger partial charge is 0.466 e. The van der Waals surface area contributed by atoms with E-state index >= 15 is 0 Å². The zero-order valence-electron chi connectivity index (χ0n) is 10.2. The van der Waals surface area contributed by atoms with E-state index in [9.17, 15) is 9.90 Å². The first-order valence-corrected chi connectivity index (χ1v) is 5.59. The standard InChI is InChI=1S/C13H18O4/c1-10-4-6-12(7-5-10)13(15)17-9-3-8-16-11(2)14/h4-7,13,15H,3,8-9H2,1-2H3. The average molecular weight is 238 g/mol. The number of rotatable bonds is 6. The molecule has 4 nitrogen and oxygen atoms in total. The molecular weight excluding hydrogens is 220 g/mol. The van der Waals surface area contributed by atoms with Gasteiger partial charge in [-0.05, 0) is 6.92 Å². The number of aliphatic hydroxyl groups is 1. The highest BCUT2D eigenvalue weighted by atomic mass is 16.6. The first-order valence-electron chi connectivity index (χ1n) is 5.59. The van der Waals surface area contributed by atoms with E-state index in [1.54, 1.807) is 0 Å². The van der Waals surface area contributed by atoms with Crippen molar-refractivity contribution in [3.05, 3.63) is 35.4 Å². The second-order valence-corrected chi connectivity index (χ2v) is 3.83. The van der Waals surface area contributed by atoms with E-state index in [0.717, 1.165) is 11.1 Å². The number of esters is 1. The highest BCUT2D eigenvalue weighted by molar-refractivity contribution is 5.65. The average Bonchev–Trinajstić information content (AvgIpc) is 2.29. The van der Waals surface area contributed by atoms with Crippen LogP contribution in [0, 0.1) is 6.92 Å². The van der Waals surface area contributed by atoms with Crippen molar-refractivity contribution in [2.24, 2.45) is 0 Å². The molecule has 4 heteroatoms. The molecule has 1 aromatic rings. The van der Waals surface area contributed by atoms with Gasteiger partial charge in [-0.3, -0.25) is 4.79 Å². The summed E-state index contributed by atoms with van der Waals surface area (Å²) in [5.74, 6) is -0.302. The summed E-state index contributed by atoms with van der Waals surface area (Å²) in [4.78, 5) is 10.5. The van der Waals surface area contributed by atoms with Gasteiger partial charge in [-0.15, -0.1) is 0 Å². The Morgan fingerprint density at radius 2 is 1.94 bits per heavy atom. The molecule has 0 saturated heterocycles. The fourth-order valence-electron chi connectivity index (χ4n) is 1.30. The fraction of sp³-hybridized carbons (Fsp3) is 0.462. The topological polar surface area (TPSA) is 55.8 Å². The van der Waals surface area contributed by atoms with Gasteiger partial charge in [0.25, 0.3) is 0 Å². The quantitative estimate of drug-likeness (QED) is 0.467. The predicted octanol–water partition coefficient (Wildman–Crippen LogP) is 1.96. The molecule has 0 fully saturated rings. The van der Waals surface area contributed by atoms with Gasteiger partial charge in [0.1, 0.15) is 0 Å². The summed E-state index contributed by atoms with van der Waals surface area (Å²) in [7, 11) is 0. The van der Waals surface area contributed by atoms with E-state index in [1.165, 1.54) is 6.92 Å². The Morgan fingerprint density at radius 3 is 2.53 bits per heavy atom. The number of benzene rings is 1. The molecule has 0 amide bonds. The Morgan fingerprint density at radius 1 is 1.29 bits per heavy atom. The summed E-state index contributed by atoms with van der Waals surface area (Å²) >= 11 is 0. The number of carbonyl (C=O) groups excluding carboxylic acids is 1. The minimum Gasteiger partial charge on any atom is -0.466 e. The van der Waals surface area contributed by atoms with E-state index in [0.29, 0.717) is 19.6 Å². The van der Waals surface area contributed by atoms with E-state index in [1.807, 2.05) is 31.2 Å². The number of ether oxygens (including phenoxy) is 2. The summed E-state index contributed by atoms with van der Waals surface area (Å²) in [6.45, 7) is 4.01. The third-order valence-electron chi connectivity index (χ3n) is 2.23. The van der Waals surface area contributed by atoms with Crippen LogP contribution in [0.25, 0.3) is 0 Å². The Hall–Kier alpha value is -1.39. The molecule has 0 aliphatic heterocycles. The number of aryl methyl sites for hydroxylation is 1. The highest BCUT2D eigenvalue weighted by Gasteiger charge is 2.06. The summed E-state index contributed by atoms with van der Waals surface area (Å²) in [6, 6.07) is 7.49. The Labute approximate surface area is 101 Å². The van der Waals surface area contributed by atoms with E-state index < -0.39 is 6.29 Å². The summed E-state index contributed by atoms with van der Waals surface area (Å²) in [5.41, 5.74) is 1.86. The van der Waals surface area contributed by atoms with Gasteiger partial charge in [0, 0.05) is 18.9 Å². The van der Waals surface area contributed by atoms with Gasteiger partial charge in [-0.25, -0.2) is 0 Å². The SMILES string of the molecule is CC(=O)OCCCOC(O)c1ccc(C)cc1. The molecule has 0 heterocycles. The smallest absolute Gasteiger partial charge is 0.302 e. The number of aliphatic hydroxyl groups excluding tert-OH is 1. The maximum Gasteiger partial charge on any atom is 0.302 e. The van der Waals surface area contributed by atoms with Crippen LogP contribution in [0.2, 0.25) is 0 Å². The lowest BCUT2D eigenvalue weighted by molar-refractivity contribution is -0.142. The van der Waals surface area contributed by atoms with Crippen molar-refractivity contribution in [1.82, 2.24) is 0 Å². The van der Waals surface area contributed by atoms with Crippen LogP contribution in [-0.4, -0.2) is 24.3 Å². The van der Waals surface area contributed by atoms with Crippen LogP contribution < -0.4 is 0 Å². The highest BCUT2D eigenvalue weighted by Crippen LogP contribution is 2.14. The molecule has 17 heavy (non-hydrogen) atoms. The van der Waals surface area contributed by atoms with Gasteiger partial charge in [-0.2, -0.15) is 0 Å². The van der Waals surface area contributed by atoms with Crippen LogP contribution in [-0.2, 0) is 14.3 Å². The van der Waals surface area contributed by atoms with Crippen LogP contribution in [0.3, 0.4) is 0 Å². The van der Waals surface area contributed by atoms with Gasteiger partial charge in [0.2, 0.25) is 0 Å². The van der Waals surface area contributed by atoms with E-state index in [4.69, 9.17) is 9.47 Å². The van der Waals surface area contributed by atoms with Crippen molar-refractivity contribution in [2.75, 3.05) is 13.2 Å². The lowest BCUT2D eigenvalue weighted by Gasteiger charge is -2.12. The van der Waals surface area contributed by atoms with Gasteiger partial charge < -0.3 is 14.6 Å². The zero-order valence-corrected chi connectivity index (χ0v) is 10.2. The minimum absolute atomic E-state index is 0.302. The fourth-order valence-corrected chi connectivity index (χ4v) is 1.30. The number of hydrogen-bond acceptors (Lipinski definition) is 4. The summed E-state index contributed by atoms with van der Waals surface area (Å²) in [6.07, 6.45) is -0.351. The summed E-state index contributed by atoms with van der Waals surface area (Å²) < 4.78 is 9.96. The van der Waals surface area contributed by atoms with Gasteiger partial charge >= 0.3 is 5.97 Å². The predicted molar refractivity (Wildman–Crippen MR) is 63.3 cm³/mol. The number of hydrogen-bond donors (Lipinski definition) is 1. The van der Waals surface area contributed by atoms with Gasteiger partial charge in [0.15, 0.2) is 6.29 Å². The molecule has 0 saturated carbocycles. The Kier molecular flexibility index (Phi) is 5.66. The third-order valence-corrected chi connectivity index (χ3v) is 2.23. The zero-order chi connectivity index (χ0) is 12.7. The molecule has 0 aliphatic rings. The summed E-state index contributed by atoms with van der Waals surface area (Å²) in [5, 5.41) is 9.69. The van der Waals surface area contributed by atoms with Crippen molar-refractivity contribution in [2.45, 2.75) is 26.6 Å². The maximum absolute atomic E-state index is 10.5. The van der Waals surface area contributed by atoms with Gasteiger partial charge in [-0.1, -0.05) is 29.8 Å². The normalized spacial score (nSPS) is 12.2. The molecule has 1 atom stereocenters. The number of carbonyl (C=O) groups is 1. The van der Waals surface area contributed by atoms with Crippen LogP contribution in [0.4, 0.5) is 0 Å². The maximum atomic E-state index is 10.5. The molecule has 1 rings (SSSR count). The first-order chi connectivity index (χ1) is 8.09. The van der Waals surface area contributed by atoms with Crippen molar-refractivity contribution in [3.8, 4) is 0 Å². The second kappa shape index (κ2) is 7.04. The Balaban J connectivity index is 2.23. The van der Waals surface area contributed by atoms with Crippen molar-refractivity contribution in [1.29, 1.82) is 0 Å².